The fourth-order valence-electron chi connectivity index (χ4n) is 3.02. The molecule has 0 spiro atoms. The first kappa shape index (κ1) is 22.4. The second kappa shape index (κ2) is 11.8. The number of aromatic hydroxyl groups is 1. The minimum atomic E-state index is -0.197. The van der Waals surface area contributed by atoms with Crippen molar-refractivity contribution >= 4 is 39.2 Å². The van der Waals surface area contributed by atoms with Gasteiger partial charge in [0.2, 0.25) is 5.91 Å². The zero-order valence-electron chi connectivity index (χ0n) is 16.7. The molecule has 0 unspecified atom stereocenters. The van der Waals surface area contributed by atoms with Crippen LogP contribution in [-0.4, -0.2) is 47.3 Å². The van der Waals surface area contributed by atoms with Gasteiger partial charge in [0, 0.05) is 13.2 Å². The molecule has 3 aromatic rings. The molecule has 0 fully saturated rings. The zero-order valence-corrected chi connectivity index (χ0v) is 18.3. The van der Waals surface area contributed by atoms with E-state index in [0.29, 0.717) is 30.8 Å². The number of aromatic nitrogens is 1. The smallest absolute Gasteiger partial charge is 0.305 e. The minimum absolute atomic E-state index is 0.00211. The van der Waals surface area contributed by atoms with E-state index in [9.17, 15) is 14.7 Å². The van der Waals surface area contributed by atoms with Crippen LogP contribution in [-0.2, 0) is 22.4 Å². The van der Waals surface area contributed by atoms with Crippen LogP contribution in [0.5, 0.6) is 5.75 Å². The lowest BCUT2D eigenvalue weighted by molar-refractivity contribution is -0.118. The molecule has 0 aliphatic heterocycles. The summed E-state index contributed by atoms with van der Waals surface area (Å²) in [6.07, 6.45) is 2.45. The van der Waals surface area contributed by atoms with Crippen LogP contribution >= 0.6 is 23.1 Å². The van der Waals surface area contributed by atoms with Gasteiger partial charge in [-0.1, -0.05) is 47.7 Å². The molecule has 1 aromatic heterocycles. The Morgan fingerprint density at radius 3 is 2.80 bits per heavy atom. The molecule has 0 saturated carbocycles. The summed E-state index contributed by atoms with van der Waals surface area (Å²) >= 11 is 2.68. The van der Waals surface area contributed by atoms with Gasteiger partial charge < -0.3 is 20.1 Å². The summed E-state index contributed by atoms with van der Waals surface area (Å²) in [4.78, 5) is 26.0. The number of thioether (sulfide) groups is 1. The van der Waals surface area contributed by atoms with E-state index in [0.717, 1.165) is 46.8 Å². The number of aromatic amines is 1. The Balaban J connectivity index is 1.24. The Bertz CT molecular complexity index is 1000. The van der Waals surface area contributed by atoms with Crippen LogP contribution in [0.25, 0.3) is 10.2 Å². The molecule has 3 rings (SSSR count). The molecule has 8 heteroatoms. The Labute approximate surface area is 183 Å². The standard InChI is InChI=1S/C22H26N2O4S2/c25-18-8-7-17(21-20(18)24-22(27)30-21)9-11-23-19(26)15-29-14-4-12-28-13-10-16-5-2-1-3-6-16/h1-3,5-8,25H,4,9-15H2,(H,23,26)(H,24,27). The average Bonchev–Trinajstić information content (AvgIpc) is 3.15. The molecule has 0 atom stereocenters. The van der Waals surface area contributed by atoms with Gasteiger partial charge in [0.1, 0.15) is 11.3 Å². The highest BCUT2D eigenvalue weighted by Crippen LogP contribution is 2.27. The van der Waals surface area contributed by atoms with Crippen LogP contribution < -0.4 is 10.2 Å². The third kappa shape index (κ3) is 6.90. The number of rotatable bonds is 12. The van der Waals surface area contributed by atoms with E-state index in [2.05, 4.69) is 22.4 Å². The molecule has 1 amide bonds. The van der Waals surface area contributed by atoms with Crippen molar-refractivity contribution in [1.29, 1.82) is 0 Å². The third-order valence-electron chi connectivity index (χ3n) is 4.54. The van der Waals surface area contributed by atoms with Gasteiger partial charge in [0.05, 0.1) is 17.1 Å². The number of carbonyl (C=O) groups is 1. The van der Waals surface area contributed by atoms with E-state index in [1.807, 2.05) is 18.2 Å². The van der Waals surface area contributed by atoms with E-state index < -0.39 is 0 Å². The van der Waals surface area contributed by atoms with Crippen molar-refractivity contribution in [2.24, 2.45) is 0 Å². The Kier molecular flexibility index (Phi) is 8.80. The van der Waals surface area contributed by atoms with Gasteiger partial charge in [-0.15, -0.1) is 0 Å². The number of phenolic OH excluding ortho intramolecular Hbond substituents is 1. The second-order valence-electron chi connectivity index (χ2n) is 6.82. The number of amides is 1. The predicted octanol–water partition coefficient (Wildman–Crippen LogP) is 3.34. The average molecular weight is 447 g/mol. The summed E-state index contributed by atoms with van der Waals surface area (Å²) in [5, 5.41) is 12.7. The molecular formula is C22H26N2O4S2. The number of hydrogen-bond acceptors (Lipinski definition) is 6. The molecule has 0 aliphatic carbocycles. The minimum Gasteiger partial charge on any atom is -0.506 e. The molecule has 1 heterocycles. The zero-order chi connectivity index (χ0) is 21.2. The normalized spacial score (nSPS) is 11.1. The van der Waals surface area contributed by atoms with E-state index in [1.54, 1.807) is 23.9 Å². The number of H-pyrrole nitrogens is 1. The number of fused-ring (bicyclic) bond motifs is 1. The van der Waals surface area contributed by atoms with Crippen molar-refractivity contribution in [3.63, 3.8) is 0 Å². The lowest BCUT2D eigenvalue weighted by Crippen LogP contribution is -2.27. The lowest BCUT2D eigenvalue weighted by Gasteiger charge is -2.07. The van der Waals surface area contributed by atoms with Crippen LogP contribution in [0.15, 0.2) is 47.3 Å². The highest BCUT2D eigenvalue weighted by atomic mass is 32.2. The molecule has 0 radical (unpaired) electrons. The maximum atomic E-state index is 12.0. The monoisotopic (exact) mass is 446 g/mol. The Morgan fingerprint density at radius 2 is 1.97 bits per heavy atom. The Hall–Kier alpha value is -2.29. The first-order valence-corrected chi connectivity index (χ1v) is 11.9. The van der Waals surface area contributed by atoms with E-state index in [1.165, 1.54) is 5.56 Å². The predicted molar refractivity (Wildman–Crippen MR) is 124 cm³/mol. The fourth-order valence-corrected chi connectivity index (χ4v) is 4.67. The fraction of sp³-hybridized carbons (Fsp3) is 0.364. The van der Waals surface area contributed by atoms with Gasteiger partial charge >= 0.3 is 4.87 Å². The molecule has 0 saturated heterocycles. The number of nitrogens with one attached hydrogen (secondary N) is 2. The van der Waals surface area contributed by atoms with Crippen LogP contribution in [0.4, 0.5) is 0 Å². The molecule has 3 N–H and O–H groups in total. The number of thiazole rings is 1. The van der Waals surface area contributed by atoms with Crippen molar-refractivity contribution in [3.8, 4) is 5.75 Å². The van der Waals surface area contributed by atoms with Crippen LogP contribution in [0.1, 0.15) is 17.5 Å². The van der Waals surface area contributed by atoms with Crippen molar-refractivity contribution < 1.29 is 14.6 Å². The van der Waals surface area contributed by atoms with Gasteiger partial charge in [-0.3, -0.25) is 9.59 Å². The van der Waals surface area contributed by atoms with Crippen molar-refractivity contribution in [2.45, 2.75) is 19.3 Å². The third-order valence-corrected chi connectivity index (χ3v) is 6.55. The van der Waals surface area contributed by atoms with Crippen LogP contribution in [0, 0.1) is 0 Å². The van der Waals surface area contributed by atoms with E-state index in [-0.39, 0.29) is 16.5 Å². The van der Waals surface area contributed by atoms with E-state index >= 15 is 0 Å². The van der Waals surface area contributed by atoms with Gasteiger partial charge in [-0.05, 0) is 42.2 Å². The molecular weight excluding hydrogens is 420 g/mol. The van der Waals surface area contributed by atoms with Crippen molar-refractivity contribution in [1.82, 2.24) is 10.3 Å². The second-order valence-corrected chi connectivity index (χ2v) is 8.90. The van der Waals surface area contributed by atoms with Crippen molar-refractivity contribution in [2.75, 3.05) is 31.3 Å². The summed E-state index contributed by atoms with van der Waals surface area (Å²) in [6, 6.07) is 13.6. The van der Waals surface area contributed by atoms with E-state index in [4.69, 9.17) is 4.74 Å². The number of benzene rings is 2. The number of phenols is 1. The topological polar surface area (TPSA) is 91.4 Å². The molecule has 2 aromatic carbocycles. The number of carbonyl (C=O) groups excluding carboxylic acids is 1. The molecule has 30 heavy (non-hydrogen) atoms. The summed E-state index contributed by atoms with van der Waals surface area (Å²) in [5.74, 6) is 1.38. The summed E-state index contributed by atoms with van der Waals surface area (Å²) in [7, 11) is 0. The Morgan fingerprint density at radius 1 is 1.13 bits per heavy atom. The van der Waals surface area contributed by atoms with Crippen molar-refractivity contribution in [3.05, 3.63) is 63.3 Å². The molecule has 6 nitrogen and oxygen atoms in total. The van der Waals surface area contributed by atoms with Gasteiger partial charge in [0.15, 0.2) is 0 Å². The lowest BCUT2D eigenvalue weighted by atomic mass is 10.1. The number of hydrogen-bond donors (Lipinski definition) is 3. The quantitative estimate of drug-likeness (QED) is 0.371. The number of ether oxygens (including phenoxy) is 1. The maximum Gasteiger partial charge on any atom is 0.305 e. The van der Waals surface area contributed by atoms with Gasteiger partial charge in [-0.25, -0.2) is 0 Å². The highest BCUT2D eigenvalue weighted by Gasteiger charge is 2.10. The summed E-state index contributed by atoms with van der Waals surface area (Å²) in [6.45, 7) is 1.92. The largest absolute Gasteiger partial charge is 0.506 e. The van der Waals surface area contributed by atoms with Gasteiger partial charge in [0.25, 0.3) is 0 Å². The first-order chi connectivity index (χ1) is 14.6. The summed E-state index contributed by atoms with van der Waals surface area (Å²) in [5.41, 5.74) is 2.68. The molecule has 0 bridgehead atoms. The SMILES string of the molecule is O=C(CSCCCOCCc1ccccc1)NCCc1ccc(O)c2[nH]c(=O)sc12. The van der Waals surface area contributed by atoms with Crippen LogP contribution in [0.2, 0.25) is 0 Å². The summed E-state index contributed by atoms with van der Waals surface area (Å²) < 4.78 is 6.39. The first-order valence-electron chi connectivity index (χ1n) is 9.93. The highest BCUT2D eigenvalue weighted by molar-refractivity contribution is 7.99. The van der Waals surface area contributed by atoms with Gasteiger partial charge in [-0.2, -0.15) is 11.8 Å². The molecule has 160 valence electrons. The van der Waals surface area contributed by atoms with Crippen LogP contribution in [0.3, 0.4) is 0 Å². The molecule has 0 aliphatic rings. The maximum absolute atomic E-state index is 12.0.